The molecule has 3 aromatic rings. The Balaban J connectivity index is 1.59. The van der Waals surface area contributed by atoms with Crippen LogP contribution in [0.5, 0.6) is 0 Å². The molecule has 5 nitrogen and oxygen atoms in total. The number of thioether (sulfide) groups is 1. The molecule has 2 N–H and O–H groups in total. The summed E-state index contributed by atoms with van der Waals surface area (Å²) < 4.78 is 13.8. The predicted molar refractivity (Wildman–Crippen MR) is 94.9 cm³/mol. The summed E-state index contributed by atoms with van der Waals surface area (Å²) in [5, 5.41) is 11.6. The summed E-state index contributed by atoms with van der Waals surface area (Å²) in [4.78, 5) is 16.5. The molecule has 124 valence electrons. The van der Waals surface area contributed by atoms with E-state index >= 15 is 0 Å². The number of hydrogen-bond acceptors (Lipinski definition) is 5. The molecule has 0 atom stereocenters. The van der Waals surface area contributed by atoms with Crippen LogP contribution < -0.4 is 5.32 Å². The van der Waals surface area contributed by atoms with Crippen LogP contribution >= 0.6 is 23.1 Å². The molecule has 0 aliphatic rings. The van der Waals surface area contributed by atoms with E-state index in [9.17, 15) is 9.18 Å². The van der Waals surface area contributed by atoms with Gasteiger partial charge in [0.25, 0.3) is 0 Å². The Morgan fingerprint density at radius 1 is 1.33 bits per heavy atom. The quantitative estimate of drug-likeness (QED) is 0.673. The van der Waals surface area contributed by atoms with E-state index in [4.69, 9.17) is 0 Å². The summed E-state index contributed by atoms with van der Waals surface area (Å²) in [5.74, 6) is -0.114. The summed E-state index contributed by atoms with van der Waals surface area (Å²) in [6.07, 6.45) is 0. The lowest BCUT2D eigenvalue weighted by atomic mass is 10.2. The fraction of sp³-hybridized carbons (Fsp3) is 0.188. The maximum atomic E-state index is 13.0. The fourth-order valence-corrected chi connectivity index (χ4v) is 3.75. The molecular formula is C16H15FN4OS2. The molecule has 0 saturated carbocycles. The van der Waals surface area contributed by atoms with Crippen molar-refractivity contribution < 1.29 is 9.18 Å². The molecule has 2 heterocycles. The molecule has 3 rings (SSSR count). The molecule has 2 aromatic heterocycles. The van der Waals surface area contributed by atoms with Crippen LogP contribution in [0, 0.1) is 19.7 Å². The van der Waals surface area contributed by atoms with Gasteiger partial charge in [0.2, 0.25) is 5.91 Å². The van der Waals surface area contributed by atoms with E-state index < -0.39 is 0 Å². The third-order valence-electron chi connectivity index (χ3n) is 3.34. The summed E-state index contributed by atoms with van der Waals surface area (Å²) in [6.45, 7) is 3.70. The number of H-pyrrole nitrogens is 1. The first-order chi connectivity index (χ1) is 11.5. The smallest absolute Gasteiger partial charge is 0.234 e. The molecule has 0 aliphatic heterocycles. The van der Waals surface area contributed by atoms with E-state index in [1.54, 1.807) is 12.1 Å². The Labute approximate surface area is 146 Å². The third-order valence-corrected chi connectivity index (χ3v) is 5.36. The van der Waals surface area contributed by atoms with E-state index in [0.29, 0.717) is 0 Å². The van der Waals surface area contributed by atoms with E-state index in [1.807, 2.05) is 19.2 Å². The van der Waals surface area contributed by atoms with Gasteiger partial charge in [-0.2, -0.15) is 5.10 Å². The number of nitrogens with one attached hydrogen (secondary N) is 2. The van der Waals surface area contributed by atoms with Crippen LogP contribution in [0.2, 0.25) is 0 Å². The summed E-state index contributed by atoms with van der Waals surface area (Å²) in [6, 6.07) is 6.20. The monoisotopic (exact) mass is 362 g/mol. The standard InChI is InChI=1S/C16H15FN4OS2/c1-9-15(10(2)21-20-9)19-14(22)8-24-16-18-13(7-23-16)11-3-5-12(17)6-4-11/h3-7H,8H2,1-2H3,(H,19,22)(H,20,21). The highest BCUT2D eigenvalue weighted by molar-refractivity contribution is 8.01. The van der Waals surface area contributed by atoms with E-state index in [-0.39, 0.29) is 17.5 Å². The number of carbonyl (C=O) groups is 1. The van der Waals surface area contributed by atoms with E-state index in [0.717, 1.165) is 32.7 Å². The lowest BCUT2D eigenvalue weighted by Crippen LogP contribution is -2.14. The second-order valence-electron chi connectivity index (χ2n) is 5.15. The first-order valence-electron chi connectivity index (χ1n) is 7.18. The van der Waals surface area contributed by atoms with Crippen molar-refractivity contribution in [3.8, 4) is 11.3 Å². The second-order valence-corrected chi connectivity index (χ2v) is 7.23. The van der Waals surface area contributed by atoms with Crippen molar-refractivity contribution in [1.82, 2.24) is 15.2 Å². The number of aromatic amines is 1. The van der Waals surface area contributed by atoms with Gasteiger partial charge in [-0.3, -0.25) is 9.89 Å². The van der Waals surface area contributed by atoms with Gasteiger partial charge >= 0.3 is 0 Å². The minimum atomic E-state index is -0.273. The van der Waals surface area contributed by atoms with Gasteiger partial charge in [0.05, 0.1) is 28.5 Å². The first kappa shape index (κ1) is 16.7. The molecule has 1 aromatic carbocycles. The zero-order valence-corrected chi connectivity index (χ0v) is 14.7. The number of benzene rings is 1. The fourth-order valence-electron chi connectivity index (χ4n) is 2.11. The van der Waals surface area contributed by atoms with Crippen LogP contribution in [0.15, 0.2) is 34.0 Å². The van der Waals surface area contributed by atoms with Crippen molar-refractivity contribution in [2.45, 2.75) is 18.2 Å². The molecule has 0 radical (unpaired) electrons. The number of halogens is 1. The van der Waals surface area contributed by atoms with Gasteiger partial charge < -0.3 is 5.32 Å². The Hall–Kier alpha value is -2.19. The molecule has 0 bridgehead atoms. The van der Waals surface area contributed by atoms with Gasteiger partial charge in [0.1, 0.15) is 5.82 Å². The molecule has 0 saturated heterocycles. The lowest BCUT2D eigenvalue weighted by molar-refractivity contribution is -0.113. The Bertz CT molecular complexity index is 838. The highest BCUT2D eigenvalue weighted by Crippen LogP contribution is 2.28. The predicted octanol–water partition coefficient (Wildman–Crippen LogP) is 4.02. The van der Waals surface area contributed by atoms with Crippen molar-refractivity contribution in [3.63, 3.8) is 0 Å². The molecule has 1 amide bonds. The van der Waals surface area contributed by atoms with Crippen molar-refractivity contribution in [3.05, 3.63) is 46.9 Å². The number of hydrogen-bond donors (Lipinski definition) is 2. The van der Waals surface area contributed by atoms with Gasteiger partial charge in [-0.05, 0) is 38.1 Å². The summed E-state index contributed by atoms with van der Waals surface area (Å²) in [7, 11) is 0. The Kier molecular flexibility index (Phi) is 4.96. The number of thiazole rings is 1. The number of aryl methyl sites for hydroxylation is 2. The van der Waals surface area contributed by atoms with Crippen molar-refractivity contribution in [2.75, 3.05) is 11.1 Å². The zero-order chi connectivity index (χ0) is 17.1. The van der Waals surface area contributed by atoms with Gasteiger partial charge in [-0.1, -0.05) is 11.8 Å². The summed E-state index contributed by atoms with van der Waals surface area (Å²) >= 11 is 2.84. The number of aromatic nitrogens is 3. The molecule has 0 spiro atoms. The SMILES string of the molecule is Cc1n[nH]c(C)c1NC(=O)CSc1nc(-c2ccc(F)cc2)cs1. The minimum absolute atomic E-state index is 0.105. The second kappa shape index (κ2) is 7.14. The van der Waals surface area contributed by atoms with E-state index in [1.165, 1.54) is 35.2 Å². The number of rotatable bonds is 5. The Morgan fingerprint density at radius 3 is 2.75 bits per heavy atom. The van der Waals surface area contributed by atoms with Crippen LogP contribution in [0.4, 0.5) is 10.1 Å². The molecule has 8 heteroatoms. The molecule has 0 unspecified atom stereocenters. The van der Waals surface area contributed by atoms with Crippen molar-refractivity contribution >= 4 is 34.7 Å². The van der Waals surface area contributed by atoms with Crippen molar-refractivity contribution in [1.29, 1.82) is 0 Å². The van der Waals surface area contributed by atoms with Crippen LogP contribution in [-0.4, -0.2) is 26.8 Å². The normalized spacial score (nSPS) is 10.8. The Morgan fingerprint density at radius 2 is 2.08 bits per heavy atom. The topological polar surface area (TPSA) is 70.7 Å². The maximum absolute atomic E-state index is 13.0. The van der Waals surface area contributed by atoms with E-state index in [2.05, 4.69) is 20.5 Å². The average molecular weight is 362 g/mol. The largest absolute Gasteiger partial charge is 0.322 e. The highest BCUT2D eigenvalue weighted by Gasteiger charge is 2.12. The third kappa shape index (κ3) is 3.82. The first-order valence-corrected chi connectivity index (χ1v) is 9.05. The van der Waals surface area contributed by atoms with Gasteiger partial charge in [-0.15, -0.1) is 11.3 Å². The van der Waals surface area contributed by atoms with Gasteiger partial charge in [0.15, 0.2) is 4.34 Å². The van der Waals surface area contributed by atoms with Crippen molar-refractivity contribution in [2.24, 2.45) is 0 Å². The molecular weight excluding hydrogens is 347 g/mol. The molecule has 0 fully saturated rings. The number of anilines is 1. The molecule has 0 aliphatic carbocycles. The van der Waals surface area contributed by atoms with Crippen LogP contribution in [0.25, 0.3) is 11.3 Å². The lowest BCUT2D eigenvalue weighted by Gasteiger charge is -2.03. The molecule has 24 heavy (non-hydrogen) atoms. The average Bonchev–Trinajstić information content (AvgIpc) is 3.16. The zero-order valence-electron chi connectivity index (χ0n) is 13.1. The maximum Gasteiger partial charge on any atom is 0.234 e. The number of carbonyl (C=O) groups excluding carboxylic acids is 1. The van der Waals surface area contributed by atoms with Gasteiger partial charge in [0, 0.05) is 10.9 Å². The van der Waals surface area contributed by atoms with Crippen LogP contribution in [-0.2, 0) is 4.79 Å². The number of nitrogens with zero attached hydrogens (tertiary/aromatic N) is 2. The van der Waals surface area contributed by atoms with Crippen LogP contribution in [0.1, 0.15) is 11.4 Å². The highest BCUT2D eigenvalue weighted by atomic mass is 32.2. The minimum Gasteiger partial charge on any atom is -0.322 e. The van der Waals surface area contributed by atoms with Gasteiger partial charge in [-0.25, -0.2) is 9.37 Å². The van der Waals surface area contributed by atoms with Crippen LogP contribution in [0.3, 0.4) is 0 Å². The number of amides is 1. The summed E-state index contributed by atoms with van der Waals surface area (Å²) in [5.41, 5.74) is 3.96.